The van der Waals surface area contributed by atoms with Gasteiger partial charge in [0, 0.05) is 17.1 Å². The molecule has 0 aliphatic heterocycles. The molecule has 0 saturated heterocycles. The van der Waals surface area contributed by atoms with Crippen LogP contribution in [0.25, 0.3) is 0 Å². The minimum absolute atomic E-state index is 0.0585. The number of carbonyl (C=O) groups is 1. The normalized spacial score (nSPS) is 12.7. The van der Waals surface area contributed by atoms with E-state index in [4.69, 9.17) is 9.47 Å². The van der Waals surface area contributed by atoms with Gasteiger partial charge in [-0.05, 0) is 73.2 Å². The molecule has 1 aliphatic carbocycles. The topological polar surface area (TPSA) is 59.6 Å². The maximum Gasteiger partial charge on any atom is 0.258 e. The Kier molecular flexibility index (Phi) is 6.23. The molecule has 0 unspecified atom stereocenters. The lowest BCUT2D eigenvalue weighted by atomic mass is 9.95. The third kappa shape index (κ3) is 4.44. The summed E-state index contributed by atoms with van der Waals surface area (Å²) in [7, 11) is 3.29. The Morgan fingerprint density at radius 2 is 1.57 bits per heavy atom. The van der Waals surface area contributed by atoms with Gasteiger partial charge in [-0.2, -0.15) is 0 Å². The van der Waals surface area contributed by atoms with E-state index in [1.807, 2.05) is 48.5 Å². The molecule has 0 fully saturated rings. The van der Waals surface area contributed by atoms with Gasteiger partial charge in [0.1, 0.15) is 16.5 Å². The Bertz CT molecular complexity index is 1010. The van der Waals surface area contributed by atoms with Crippen LogP contribution in [0, 0.1) is 0 Å². The van der Waals surface area contributed by atoms with E-state index >= 15 is 0 Å². The van der Waals surface area contributed by atoms with E-state index in [2.05, 4.69) is 10.6 Å². The zero-order valence-corrected chi connectivity index (χ0v) is 18.1. The zero-order chi connectivity index (χ0) is 20.9. The molecule has 0 spiro atoms. The predicted molar refractivity (Wildman–Crippen MR) is 122 cm³/mol. The van der Waals surface area contributed by atoms with Crippen molar-refractivity contribution in [3.63, 3.8) is 0 Å². The van der Waals surface area contributed by atoms with E-state index in [9.17, 15) is 4.79 Å². The molecule has 0 atom stereocenters. The van der Waals surface area contributed by atoms with E-state index in [-0.39, 0.29) is 5.91 Å². The van der Waals surface area contributed by atoms with Gasteiger partial charge in [-0.25, -0.2) is 0 Å². The number of thiophene rings is 1. The van der Waals surface area contributed by atoms with Crippen molar-refractivity contribution in [1.29, 1.82) is 0 Å². The number of carbonyl (C=O) groups excluding carboxylic acids is 1. The molecule has 1 aromatic heterocycles. The Balaban J connectivity index is 1.55. The number of benzene rings is 2. The highest BCUT2D eigenvalue weighted by Crippen LogP contribution is 2.39. The lowest BCUT2D eigenvalue weighted by molar-refractivity contribution is 0.102. The molecular weight excluding hydrogens is 396 g/mol. The van der Waals surface area contributed by atoms with Crippen molar-refractivity contribution >= 4 is 27.9 Å². The smallest absolute Gasteiger partial charge is 0.258 e. The van der Waals surface area contributed by atoms with Crippen molar-refractivity contribution in [3.05, 3.63) is 70.1 Å². The number of ether oxygens (including phenoxy) is 2. The van der Waals surface area contributed by atoms with Gasteiger partial charge in [-0.1, -0.05) is 12.1 Å². The van der Waals surface area contributed by atoms with Crippen LogP contribution in [0.4, 0.5) is 10.7 Å². The van der Waals surface area contributed by atoms with Gasteiger partial charge in [0.25, 0.3) is 5.91 Å². The summed E-state index contributed by atoms with van der Waals surface area (Å²) in [6.45, 7) is 0.659. The second-order valence-electron chi connectivity index (χ2n) is 7.30. The molecule has 2 N–H and O–H groups in total. The molecule has 30 heavy (non-hydrogen) atoms. The maximum absolute atomic E-state index is 13.2. The number of fused-ring (bicyclic) bond motifs is 1. The third-order valence-electron chi connectivity index (χ3n) is 5.36. The number of hydrogen-bond acceptors (Lipinski definition) is 5. The van der Waals surface area contributed by atoms with Crippen LogP contribution >= 0.6 is 11.3 Å². The van der Waals surface area contributed by atoms with Crippen LogP contribution in [0.3, 0.4) is 0 Å². The van der Waals surface area contributed by atoms with Crippen LogP contribution < -0.4 is 20.1 Å². The molecule has 1 aliphatic rings. The number of aryl methyl sites for hydroxylation is 1. The fraction of sp³-hybridized carbons (Fsp3) is 0.292. The zero-order valence-electron chi connectivity index (χ0n) is 17.3. The van der Waals surface area contributed by atoms with E-state index in [1.54, 1.807) is 25.6 Å². The highest BCUT2D eigenvalue weighted by molar-refractivity contribution is 7.16. The standard InChI is InChI=1S/C24H26N2O3S/c1-28-18-11-7-16(8-12-18)15-25-24-22(20-5-3-4-6-21(20)30-24)23(27)26-17-9-13-19(29-2)14-10-17/h7-14,25H,3-6,15H2,1-2H3,(H,26,27). The van der Waals surface area contributed by atoms with Crippen LogP contribution in [-0.4, -0.2) is 20.1 Å². The van der Waals surface area contributed by atoms with Crippen LogP contribution in [0.2, 0.25) is 0 Å². The quantitative estimate of drug-likeness (QED) is 0.527. The highest BCUT2D eigenvalue weighted by atomic mass is 32.1. The first-order valence-electron chi connectivity index (χ1n) is 10.1. The van der Waals surface area contributed by atoms with Gasteiger partial charge >= 0.3 is 0 Å². The first-order valence-corrected chi connectivity index (χ1v) is 11.0. The molecule has 0 bridgehead atoms. The Hall–Kier alpha value is -2.99. The van der Waals surface area contributed by atoms with Crippen molar-refractivity contribution in [2.24, 2.45) is 0 Å². The summed E-state index contributed by atoms with van der Waals surface area (Å²) < 4.78 is 10.4. The summed E-state index contributed by atoms with van der Waals surface area (Å²) in [5.41, 5.74) is 3.90. The molecule has 1 amide bonds. The summed E-state index contributed by atoms with van der Waals surface area (Å²) in [5.74, 6) is 1.55. The Morgan fingerprint density at radius 3 is 2.23 bits per heavy atom. The molecule has 4 rings (SSSR count). The van der Waals surface area contributed by atoms with E-state index in [0.29, 0.717) is 6.54 Å². The third-order valence-corrected chi connectivity index (χ3v) is 6.61. The van der Waals surface area contributed by atoms with Crippen LogP contribution in [0.15, 0.2) is 48.5 Å². The second-order valence-corrected chi connectivity index (χ2v) is 8.40. The highest BCUT2D eigenvalue weighted by Gasteiger charge is 2.25. The van der Waals surface area contributed by atoms with Crippen LogP contribution in [0.1, 0.15) is 39.2 Å². The van der Waals surface area contributed by atoms with Gasteiger partial charge in [-0.15, -0.1) is 11.3 Å². The van der Waals surface area contributed by atoms with Gasteiger partial charge in [-0.3, -0.25) is 4.79 Å². The number of hydrogen-bond donors (Lipinski definition) is 2. The SMILES string of the molecule is COc1ccc(CNc2sc3c(c2C(=O)Nc2ccc(OC)cc2)CCCC3)cc1. The van der Waals surface area contributed by atoms with Crippen molar-refractivity contribution in [2.75, 3.05) is 24.9 Å². The molecule has 2 aromatic carbocycles. The first kappa shape index (κ1) is 20.3. The summed E-state index contributed by atoms with van der Waals surface area (Å²) in [6.07, 6.45) is 4.32. The fourth-order valence-corrected chi connectivity index (χ4v) is 5.01. The molecular formula is C24H26N2O3S. The van der Waals surface area contributed by atoms with E-state index < -0.39 is 0 Å². The Morgan fingerprint density at radius 1 is 0.933 bits per heavy atom. The summed E-state index contributed by atoms with van der Waals surface area (Å²) in [6, 6.07) is 15.4. The van der Waals surface area contributed by atoms with Gasteiger partial charge in [0.05, 0.1) is 19.8 Å². The molecule has 1 heterocycles. The van der Waals surface area contributed by atoms with Crippen molar-refractivity contribution < 1.29 is 14.3 Å². The van der Waals surface area contributed by atoms with Crippen LogP contribution in [-0.2, 0) is 19.4 Å². The number of anilines is 2. The number of rotatable bonds is 7. The van der Waals surface area contributed by atoms with Gasteiger partial charge < -0.3 is 20.1 Å². The number of methoxy groups -OCH3 is 2. The molecule has 156 valence electrons. The first-order chi connectivity index (χ1) is 14.7. The summed E-state index contributed by atoms with van der Waals surface area (Å²) >= 11 is 1.72. The predicted octanol–water partition coefficient (Wildman–Crippen LogP) is 5.51. The lowest BCUT2D eigenvalue weighted by Gasteiger charge is -2.14. The second kappa shape index (κ2) is 9.22. The summed E-state index contributed by atoms with van der Waals surface area (Å²) in [4.78, 5) is 14.6. The Labute approximate surface area is 181 Å². The fourth-order valence-electron chi connectivity index (χ4n) is 3.72. The molecule has 0 radical (unpaired) electrons. The van der Waals surface area contributed by atoms with Gasteiger partial charge in [0.15, 0.2) is 0 Å². The van der Waals surface area contributed by atoms with E-state index in [0.717, 1.165) is 52.6 Å². The average Bonchev–Trinajstić information content (AvgIpc) is 3.17. The lowest BCUT2D eigenvalue weighted by Crippen LogP contribution is -2.16. The monoisotopic (exact) mass is 422 g/mol. The average molecular weight is 423 g/mol. The summed E-state index contributed by atoms with van der Waals surface area (Å²) in [5, 5.41) is 7.51. The largest absolute Gasteiger partial charge is 0.497 e. The van der Waals surface area contributed by atoms with E-state index in [1.165, 1.54) is 16.9 Å². The minimum atomic E-state index is -0.0585. The van der Waals surface area contributed by atoms with Gasteiger partial charge in [0.2, 0.25) is 0 Å². The maximum atomic E-state index is 13.2. The number of amides is 1. The van der Waals surface area contributed by atoms with Crippen molar-refractivity contribution in [1.82, 2.24) is 0 Å². The molecule has 3 aromatic rings. The minimum Gasteiger partial charge on any atom is -0.497 e. The molecule has 5 nitrogen and oxygen atoms in total. The molecule has 0 saturated carbocycles. The number of nitrogens with one attached hydrogen (secondary N) is 2. The van der Waals surface area contributed by atoms with Crippen molar-refractivity contribution in [2.45, 2.75) is 32.2 Å². The van der Waals surface area contributed by atoms with Crippen LogP contribution in [0.5, 0.6) is 11.5 Å². The molecule has 6 heteroatoms. The van der Waals surface area contributed by atoms with Crippen molar-refractivity contribution in [3.8, 4) is 11.5 Å².